The summed E-state index contributed by atoms with van der Waals surface area (Å²) >= 11 is 6.31. The highest BCUT2D eigenvalue weighted by atomic mass is 35.5. The summed E-state index contributed by atoms with van der Waals surface area (Å²) in [5, 5.41) is 0.523. The number of ether oxygens (including phenoxy) is 2. The van der Waals surface area contributed by atoms with Gasteiger partial charge in [-0.15, -0.1) is 0 Å². The van der Waals surface area contributed by atoms with E-state index >= 15 is 0 Å². The first-order valence-corrected chi connectivity index (χ1v) is 9.42. The van der Waals surface area contributed by atoms with Gasteiger partial charge in [-0.2, -0.15) is 0 Å². The van der Waals surface area contributed by atoms with Gasteiger partial charge < -0.3 is 14.4 Å². The van der Waals surface area contributed by atoms with E-state index in [1.165, 1.54) is 7.11 Å². The van der Waals surface area contributed by atoms with Crippen LogP contribution in [0.2, 0.25) is 5.02 Å². The Hall–Kier alpha value is -2.57. The van der Waals surface area contributed by atoms with Gasteiger partial charge in [0.2, 0.25) is 0 Å². The number of amides is 1. The van der Waals surface area contributed by atoms with E-state index in [1.54, 1.807) is 42.3 Å². The number of halogens is 1. The second-order valence-electron chi connectivity index (χ2n) is 6.50. The van der Waals surface area contributed by atoms with Gasteiger partial charge in [0, 0.05) is 36.8 Å². The monoisotopic (exact) mass is 402 g/mol. The fourth-order valence-corrected chi connectivity index (χ4v) is 3.62. The highest BCUT2D eigenvalue weighted by Crippen LogP contribution is 2.29. The van der Waals surface area contributed by atoms with Crippen molar-refractivity contribution < 1.29 is 19.1 Å². The molecule has 0 bridgehead atoms. The van der Waals surface area contributed by atoms with E-state index in [9.17, 15) is 9.59 Å². The lowest BCUT2D eigenvalue weighted by Gasteiger charge is -2.38. The van der Waals surface area contributed by atoms with Crippen LogP contribution in [0.4, 0.5) is 0 Å². The van der Waals surface area contributed by atoms with Crippen molar-refractivity contribution in [1.82, 2.24) is 9.80 Å². The zero-order valence-corrected chi connectivity index (χ0v) is 16.7. The number of hydrogen-bond acceptors (Lipinski definition) is 5. The first-order valence-electron chi connectivity index (χ1n) is 9.04. The van der Waals surface area contributed by atoms with Crippen LogP contribution in [0.25, 0.3) is 0 Å². The maximum atomic E-state index is 12.7. The Morgan fingerprint density at radius 1 is 0.964 bits per heavy atom. The average molecular weight is 403 g/mol. The summed E-state index contributed by atoms with van der Waals surface area (Å²) in [6, 6.07) is 13.7. The molecule has 0 spiro atoms. The van der Waals surface area contributed by atoms with E-state index in [1.807, 2.05) is 23.1 Å². The van der Waals surface area contributed by atoms with Crippen LogP contribution < -0.4 is 4.74 Å². The van der Waals surface area contributed by atoms with Gasteiger partial charge in [-0.1, -0.05) is 29.8 Å². The summed E-state index contributed by atoms with van der Waals surface area (Å²) in [5.41, 5.74) is 1.33. The Bertz CT molecular complexity index is 833. The summed E-state index contributed by atoms with van der Waals surface area (Å²) in [6.45, 7) is 2.13. The van der Waals surface area contributed by atoms with Gasteiger partial charge in [0.15, 0.2) is 0 Å². The molecule has 1 unspecified atom stereocenters. The van der Waals surface area contributed by atoms with Gasteiger partial charge >= 0.3 is 5.97 Å². The Kier molecular flexibility index (Phi) is 6.54. The van der Waals surface area contributed by atoms with Crippen molar-refractivity contribution in [3.63, 3.8) is 0 Å². The number of esters is 1. The molecule has 3 rings (SSSR count). The number of rotatable bonds is 5. The first kappa shape index (κ1) is 20.2. The van der Waals surface area contributed by atoms with Crippen LogP contribution in [-0.2, 0) is 9.53 Å². The average Bonchev–Trinajstić information content (AvgIpc) is 2.75. The lowest BCUT2D eigenvalue weighted by Crippen LogP contribution is -2.51. The molecule has 1 heterocycles. The van der Waals surface area contributed by atoms with Crippen LogP contribution in [0.3, 0.4) is 0 Å². The summed E-state index contributed by atoms with van der Waals surface area (Å²) in [5.74, 6) is 0.319. The van der Waals surface area contributed by atoms with Gasteiger partial charge in [0.25, 0.3) is 5.91 Å². The first-order chi connectivity index (χ1) is 13.5. The van der Waals surface area contributed by atoms with Crippen LogP contribution in [0.1, 0.15) is 22.0 Å². The molecule has 1 fully saturated rings. The van der Waals surface area contributed by atoms with Crippen LogP contribution in [0.5, 0.6) is 5.75 Å². The number of carbonyl (C=O) groups excluding carboxylic acids is 2. The van der Waals surface area contributed by atoms with Gasteiger partial charge in [-0.3, -0.25) is 9.69 Å². The maximum Gasteiger partial charge on any atom is 0.327 e. The maximum absolute atomic E-state index is 12.7. The van der Waals surface area contributed by atoms with Crippen molar-refractivity contribution in [2.24, 2.45) is 0 Å². The summed E-state index contributed by atoms with van der Waals surface area (Å²) in [4.78, 5) is 29.0. The van der Waals surface area contributed by atoms with Crippen LogP contribution in [0, 0.1) is 0 Å². The number of piperazine rings is 1. The van der Waals surface area contributed by atoms with E-state index in [0.29, 0.717) is 48.1 Å². The second-order valence-corrected chi connectivity index (χ2v) is 6.91. The largest absolute Gasteiger partial charge is 0.497 e. The molecular weight excluding hydrogens is 380 g/mol. The molecule has 0 N–H and O–H groups in total. The molecule has 6 nitrogen and oxygen atoms in total. The molecule has 1 amide bonds. The van der Waals surface area contributed by atoms with E-state index in [2.05, 4.69) is 0 Å². The van der Waals surface area contributed by atoms with E-state index in [0.717, 1.165) is 0 Å². The van der Waals surface area contributed by atoms with Crippen LogP contribution >= 0.6 is 11.6 Å². The van der Waals surface area contributed by atoms with E-state index < -0.39 is 6.04 Å². The Balaban J connectivity index is 1.71. The summed E-state index contributed by atoms with van der Waals surface area (Å²) < 4.78 is 10.1. The Morgan fingerprint density at radius 2 is 1.61 bits per heavy atom. The quantitative estimate of drug-likeness (QED) is 0.719. The third-order valence-electron chi connectivity index (χ3n) is 4.93. The van der Waals surface area contributed by atoms with Crippen molar-refractivity contribution in [3.05, 3.63) is 64.7 Å². The van der Waals surface area contributed by atoms with Crippen LogP contribution in [0.15, 0.2) is 48.5 Å². The van der Waals surface area contributed by atoms with E-state index in [-0.39, 0.29) is 11.9 Å². The summed E-state index contributed by atoms with van der Waals surface area (Å²) in [7, 11) is 2.96. The second kappa shape index (κ2) is 9.08. The fourth-order valence-electron chi connectivity index (χ4n) is 3.38. The molecule has 1 aliphatic heterocycles. The molecule has 1 aliphatic rings. The zero-order chi connectivity index (χ0) is 20.1. The van der Waals surface area contributed by atoms with Gasteiger partial charge in [0.1, 0.15) is 11.8 Å². The minimum absolute atomic E-state index is 0.0327. The lowest BCUT2D eigenvalue weighted by molar-refractivity contribution is -0.148. The number of hydrogen-bond donors (Lipinski definition) is 0. The smallest absolute Gasteiger partial charge is 0.327 e. The molecule has 0 saturated carbocycles. The predicted molar refractivity (Wildman–Crippen MR) is 107 cm³/mol. The third-order valence-corrected chi connectivity index (χ3v) is 5.27. The highest BCUT2D eigenvalue weighted by molar-refractivity contribution is 6.31. The van der Waals surface area contributed by atoms with Crippen molar-refractivity contribution >= 4 is 23.5 Å². The van der Waals surface area contributed by atoms with Crippen LogP contribution in [-0.4, -0.2) is 62.1 Å². The lowest BCUT2D eigenvalue weighted by atomic mass is 10.0. The standard InChI is InChI=1S/C21H23ClN2O4/c1-27-16-9-7-15(8-10-16)20(25)24-13-11-23(12-14-24)19(21(26)28-2)17-5-3-4-6-18(17)22/h3-10,19H,11-14H2,1-2H3. The Morgan fingerprint density at radius 3 is 2.18 bits per heavy atom. The number of carbonyl (C=O) groups is 2. The highest BCUT2D eigenvalue weighted by Gasteiger charge is 2.33. The van der Waals surface area contributed by atoms with Gasteiger partial charge in [0.05, 0.1) is 14.2 Å². The number of benzene rings is 2. The topological polar surface area (TPSA) is 59.1 Å². The molecule has 1 atom stereocenters. The molecule has 0 aliphatic carbocycles. The number of nitrogens with zero attached hydrogens (tertiary/aromatic N) is 2. The summed E-state index contributed by atoms with van der Waals surface area (Å²) in [6.07, 6.45) is 0. The van der Waals surface area contributed by atoms with E-state index in [4.69, 9.17) is 21.1 Å². The minimum Gasteiger partial charge on any atom is -0.497 e. The molecule has 7 heteroatoms. The minimum atomic E-state index is -0.586. The number of methoxy groups -OCH3 is 2. The molecule has 1 saturated heterocycles. The third kappa shape index (κ3) is 4.29. The van der Waals surface area contributed by atoms with Crippen molar-refractivity contribution in [2.75, 3.05) is 40.4 Å². The SMILES string of the molecule is COC(=O)C(c1ccccc1Cl)N1CCN(C(=O)c2ccc(OC)cc2)CC1. The van der Waals surface area contributed by atoms with Crippen molar-refractivity contribution in [1.29, 1.82) is 0 Å². The molecule has 2 aromatic rings. The fraction of sp³-hybridized carbons (Fsp3) is 0.333. The molecule has 2 aromatic carbocycles. The van der Waals surface area contributed by atoms with Crippen molar-refractivity contribution in [3.8, 4) is 5.75 Å². The molecule has 0 radical (unpaired) electrons. The molecule has 28 heavy (non-hydrogen) atoms. The van der Waals surface area contributed by atoms with Gasteiger partial charge in [-0.05, 0) is 35.9 Å². The zero-order valence-electron chi connectivity index (χ0n) is 15.9. The van der Waals surface area contributed by atoms with Gasteiger partial charge in [-0.25, -0.2) is 4.79 Å². The molecular formula is C21H23ClN2O4. The Labute approximate surface area is 169 Å². The molecule has 148 valence electrons. The van der Waals surface area contributed by atoms with Crippen molar-refractivity contribution in [2.45, 2.75) is 6.04 Å². The normalized spacial score (nSPS) is 15.8. The predicted octanol–water partition coefficient (Wildman–Crippen LogP) is 3.02. The molecule has 0 aromatic heterocycles.